The second-order valence-corrected chi connectivity index (χ2v) is 17.5. The Bertz CT molecular complexity index is 3810. The van der Waals surface area contributed by atoms with Crippen molar-refractivity contribution in [2.75, 3.05) is 0 Å². The van der Waals surface area contributed by atoms with Gasteiger partial charge in [-0.15, -0.1) is 6.58 Å². The van der Waals surface area contributed by atoms with Gasteiger partial charge in [0, 0.05) is 27.2 Å². The van der Waals surface area contributed by atoms with E-state index in [4.69, 9.17) is 4.42 Å². The number of hydrogen-bond donors (Lipinski definition) is 0. The molecule has 70 heavy (non-hydrogen) atoms. The third-order valence-electron chi connectivity index (χ3n) is 13.1. The summed E-state index contributed by atoms with van der Waals surface area (Å²) < 4.78 is 9.00. The molecule has 2 aromatic heterocycles. The topological polar surface area (TPSA) is 18.1 Å². The molecule has 0 saturated heterocycles. The molecule has 2 nitrogen and oxygen atoms in total. The first-order valence-corrected chi connectivity index (χ1v) is 24.1. The van der Waals surface area contributed by atoms with Crippen LogP contribution in [-0.4, -0.2) is 4.57 Å². The SMILES string of the molecule is C/C=C/c1ccccc1.C1=CC2=C(CC1)c1cc3oc4ccc(-c5ccc6c(c5)c5ccccc5n6-c5ccc(-c6cccc(-c7ccccc7)c6)cc5)cc4c3c3cccc2c13.C=CC.C=CC=C. The first-order valence-electron chi connectivity index (χ1n) is 24.1. The van der Waals surface area contributed by atoms with E-state index in [0.717, 1.165) is 29.7 Å². The highest BCUT2D eigenvalue weighted by molar-refractivity contribution is 6.27. The van der Waals surface area contributed by atoms with E-state index >= 15 is 0 Å². The number of fused-ring (bicyclic) bond motifs is 9. The molecule has 2 aliphatic carbocycles. The number of allylic oxidation sites excluding steroid dienone is 8. The first-order chi connectivity index (χ1) is 34.5. The summed E-state index contributed by atoms with van der Waals surface area (Å²) in [5.74, 6) is 0. The van der Waals surface area contributed by atoms with Crippen molar-refractivity contribution in [2.24, 2.45) is 0 Å². The molecule has 0 radical (unpaired) electrons. The Morgan fingerprint density at radius 2 is 1.06 bits per heavy atom. The van der Waals surface area contributed by atoms with Crippen LogP contribution in [0.1, 0.15) is 43.4 Å². The molecule has 0 unspecified atom stereocenters. The maximum Gasteiger partial charge on any atom is 0.136 e. The van der Waals surface area contributed by atoms with Gasteiger partial charge in [0.2, 0.25) is 0 Å². The predicted octanol–water partition coefficient (Wildman–Crippen LogP) is 19.7. The summed E-state index contributed by atoms with van der Waals surface area (Å²) in [6.07, 6.45) is 16.0. The highest BCUT2D eigenvalue weighted by Crippen LogP contribution is 2.50. The zero-order valence-electron chi connectivity index (χ0n) is 39.9. The van der Waals surface area contributed by atoms with Crippen LogP contribution in [0.15, 0.2) is 255 Å². The first kappa shape index (κ1) is 45.1. The monoisotopic (exact) mass is 901 g/mol. The van der Waals surface area contributed by atoms with Crippen LogP contribution in [0.5, 0.6) is 0 Å². The van der Waals surface area contributed by atoms with Crippen LogP contribution < -0.4 is 0 Å². The van der Waals surface area contributed by atoms with Crippen LogP contribution in [0.3, 0.4) is 0 Å². The summed E-state index contributed by atoms with van der Waals surface area (Å²) in [5, 5.41) is 7.53. The molecule has 0 spiro atoms. The van der Waals surface area contributed by atoms with E-state index in [1.54, 1.807) is 18.2 Å². The van der Waals surface area contributed by atoms with Gasteiger partial charge in [-0.25, -0.2) is 0 Å². The van der Waals surface area contributed by atoms with E-state index in [0.29, 0.717) is 0 Å². The zero-order chi connectivity index (χ0) is 48.0. The number of benzene rings is 9. The Morgan fingerprint density at radius 3 is 1.79 bits per heavy atom. The van der Waals surface area contributed by atoms with Crippen molar-refractivity contribution in [3.05, 3.63) is 267 Å². The molecule has 9 aromatic carbocycles. The summed E-state index contributed by atoms with van der Waals surface area (Å²) in [6.45, 7) is 14.0. The van der Waals surface area contributed by atoms with Crippen molar-refractivity contribution in [2.45, 2.75) is 26.7 Å². The van der Waals surface area contributed by atoms with Crippen LogP contribution in [0.4, 0.5) is 0 Å². The number of furan rings is 1. The Hall–Kier alpha value is -8.72. The van der Waals surface area contributed by atoms with Gasteiger partial charge in [0.25, 0.3) is 0 Å². The smallest absolute Gasteiger partial charge is 0.136 e. The summed E-state index contributed by atoms with van der Waals surface area (Å²) in [5.41, 5.74) is 19.5. The van der Waals surface area contributed by atoms with Gasteiger partial charge in [0.15, 0.2) is 0 Å². The van der Waals surface area contributed by atoms with E-state index in [1.807, 2.05) is 38.1 Å². The van der Waals surface area contributed by atoms with Gasteiger partial charge in [-0.2, -0.15) is 0 Å². The van der Waals surface area contributed by atoms with Crippen molar-refractivity contribution in [3.8, 4) is 39.1 Å². The lowest BCUT2D eigenvalue weighted by atomic mass is 9.94. The van der Waals surface area contributed by atoms with E-state index in [9.17, 15) is 0 Å². The largest absolute Gasteiger partial charge is 0.456 e. The molecule has 338 valence electrons. The average molecular weight is 902 g/mol. The highest BCUT2D eigenvalue weighted by Gasteiger charge is 2.27. The fraction of sp³-hybridized carbons (Fsp3) is 0.0588. The number of aromatic nitrogens is 1. The molecule has 2 aliphatic rings. The van der Waals surface area contributed by atoms with Gasteiger partial charge in [-0.3, -0.25) is 0 Å². The van der Waals surface area contributed by atoms with Gasteiger partial charge < -0.3 is 8.98 Å². The minimum Gasteiger partial charge on any atom is -0.456 e. The third-order valence-corrected chi connectivity index (χ3v) is 13.1. The molecule has 0 bridgehead atoms. The minimum atomic E-state index is 0.934. The Morgan fingerprint density at radius 1 is 0.471 bits per heavy atom. The lowest BCUT2D eigenvalue weighted by Gasteiger charge is -2.11. The quantitative estimate of drug-likeness (QED) is 0.120. The van der Waals surface area contributed by atoms with Gasteiger partial charge in [-0.1, -0.05) is 195 Å². The molecule has 0 atom stereocenters. The second kappa shape index (κ2) is 20.2. The minimum absolute atomic E-state index is 0.934. The van der Waals surface area contributed by atoms with Crippen LogP contribution in [0.2, 0.25) is 0 Å². The van der Waals surface area contributed by atoms with Crippen molar-refractivity contribution in [1.29, 1.82) is 0 Å². The third kappa shape index (κ3) is 8.57. The van der Waals surface area contributed by atoms with E-state index in [-0.39, 0.29) is 0 Å². The molecular weight excluding hydrogens is 847 g/mol. The van der Waals surface area contributed by atoms with Crippen molar-refractivity contribution in [1.82, 2.24) is 4.57 Å². The fourth-order valence-electron chi connectivity index (χ4n) is 10.1. The van der Waals surface area contributed by atoms with Gasteiger partial charge >= 0.3 is 0 Å². The van der Waals surface area contributed by atoms with Crippen molar-refractivity contribution < 1.29 is 4.42 Å². The number of para-hydroxylation sites is 1. The number of rotatable bonds is 6. The molecule has 0 aliphatic heterocycles. The standard InChI is InChI=1S/C52H33NO.C9H10.C4H6.C3H6/c1-2-10-32(11-3-1)34-12-8-13-35(28-34)33-20-24-38(25-21-33)53-47-19-7-6-16-41(47)44-29-36(22-26-48(44)53)37-23-27-49-46(30-37)52-43-18-9-17-42-39-14-4-5-15-40(39)45(51(42)43)31-50(52)54-49;1-2-6-9-7-4-3-5-8-9;1-3-4-2;1-3-2/h1-4,6-14,16-31H,5,15H2;2-8H,1H3;3-4H,1-2H2;3H,1H2,2H3/b;6-2+;;. The number of nitrogens with zero attached hydrogens (tertiary/aromatic N) is 1. The summed E-state index contributed by atoms with van der Waals surface area (Å²) in [7, 11) is 0. The Kier molecular flexibility index (Phi) is 13.0. The molecule has 0 saturated carbocycles. The molecule has 0 fully saturated rings. The molecule has 2 heterocycles. The normalized spacial score (nSPS) is 12.3. The maximum absolute atomic E-state index is 6.60. The lowest BCUT2D eigenvalue weighted by Crippen LogP contribution is -1.93. The fourth-order valence-corrected chi connectivity index (χ4v) is 10.1. The zero-order valence-corrected chi connectivity index (χ0v) is 39.9. The second-order valence-electron chi connectivity index (χ2n) is 17.5. The van der Waals surface area contributed by atoms with Gasteiger partial charge in [0.05, 0.1) is 11.0 Å². The maximum atomic E-state index is 6.60. The molecule has 11 aromatic rings. The summed E-state index contributed by atoms with van der Waals surface area (Å²) in [4.78, 5) is 0. The van der Waals surface area contributed by atoms with Crippen LogP contribution in [-0.2, 0) is 0 Å². The average Bonchev–Trinajstić information content (AvgIpc) is 4.08. The summed E-state index contributed by atoms with van der Waals surface area (Å²) in [6, 6.07) is 70.2. The molecule has 13 rings (SSSR count). The summed E-state index contributed by atoms with van der Waals surface area (Å²) >= 11 is 0. The van der Waals surface area contributed by atoms with E-state index in [1.165, 1.54) is 105 Å². The van der Waals surface area contributed by atoms with Crippen LogP contribution in [0, 0.1) is 0 Å². The van der Waals surface area contributed by atoms with Crippen LogP contribution in [0.25, 0.3) is 111 Å². The predicted molar refractivity (Wildman–Crippen MR) is 304 cm³/mol. The van der Waals surface area contributed by atoms with Gasteiger partial charge in [-0.05, 0) is 153 Å². The van der Waals surface area contributed by atoms with Crippen molar-refractivity contribution >= 4 is 71.7 Å². The Labute approximate surface area is 411 Å². The molecule has 2 heteroatoms. The van der Waals surface area contributed by atoms with Crippen molar-refractivity contribution in [3.63, 3.8) is 0 Å². The molecule has 0 amide bonds. The number of hydrogen-bond acceptors (Lipinski definition) is 1. The van der Waals surface area contributed by atoms with E-state index < -0.39 is 0 Å². The lowest BCUT2D eigenvalue weighted by molar-refractivity contribution is 0.669. The molecule has 0 N–H and O–H groups in total. The Balaban J connectivity index is 0.000000308. The molecular formula is C68H55NO. The highest BCUT2D eigenvalue weighted by atomic mass is 16.3. The van der Waals surface area contributed by atoms with Gasteiger partial charge in [0.1, 0.15) is 11.2 Å². The van der Waals surface area contributed by atoms with E-state index in [2.05, 4.69) is 218 Å². The van der Waals surface area contributed by atoms with Crippen LogP contribution >= 0.6 is 0 Å².